The molecule has 0 saturated heterocycles. The quantitative estimate of drug-likeness (QED) is 0.637. The van der Waals surface area contributed by atoms with Crippen LogP contribution in [0.15, 0.2) is 42.5 Å². The Morgan fingerprint density at radius 1 is 1.15 bits per heavy atom. The van der Waals surface area contributed by atoms with Crippen molar-refractivity contribution in [2.24, 2.45) is 0 Å². The number of anilines is 1. The second kappa shape index (κ2) is 4.74. The first-order valence-corrected chi connectivity index (χ1v) is 6.16. The van der Waals surface area contributed by atoms with Gasteiger partial charge in [-0.15, -0.1) is 0 Å². The predicted molar refractivity (Wildman–Crippen MR) is 77.3 cm³/mol. The topological polar surface area (TPSA) is 61.5 Å². The molecule has 2 aromatic carbocycles. The molecule has 0 bridgehead atoms. The highest BCUT2D eigenvalue weighted by atomic mass is 16.5. The van der Waals surface area contributed by atoms with E-state index >= 15 is 0 Å². The maximum absolute atomic E-state index is 12.0. The lowest BCUT2D eigenvalue weighted by Crippen LogP contribution is -2.03. The van der Waals surface area contributed by atoms with E-state index in [-0.39, 0.29) is 0 Å². The van der Waals surface area contributed by atoms with Crippen molar-refractivity contribution in [3.63, 3.8) is 0 Å². The number of carbonyl (C=O) groups excluding carboxylic acids is 1. The Labute approximate surface area is 116 Å². The molecule has 0 amide bonds. The molecule has 20 heavy (non-hydrogen) atoms. The monoisotopic (exact) mass is 267 g/mol. The standard InChI is InChI=1S/C16H13NO3/c1-19-16(18)13-9-10-8-11(17)6-7-14(10)20-15-5-3-2-4-12(13)15/h2-9H,17H2,1H3. The predicted octanol–water partition coefficient (Wildman–Crippen LogP) is 3.09. The molecule has 0 unspecified atom stereocenters. The van der Waals surface area contributed by atoms with Gasteiger partial charge < -0.3 is 15.2 Å². The van der Waals surface area contributed by atoms with Gasteiger partial charge in [0.15, 0.2) is 0 Å². The number of hydrogen-bond donors (Lipinski definition) is 1. The minimum atomic E-state index is -0.406. The molecule has 2 N–H and O–H groups in total. The van der Waals surface area contributed by atoms with Crippen LogP contribution in [0.25, 0.3) is 11.6 Å². The number of carbonyl (C=O) groups is 1. The number of fused-ring (bicyclic) bond motifs is 2. The van der Waals surface area contributed by atoms with Crippen LogP contribution in [0.4, 0.5) is 5.69 Å². The second-order valence-electron chi connectivity index (χ2n) is 4.45. The lowest BCUT2D eigenvalue weighted by atomic mass is 10.0. The molecule has 4 heteroatoms. The van der Waals surface area contributed by atoms with Gasteiger partial charge in [0.25, 0.3) is 0 Å². The summed E-state index contributed by atoms with van der Waals surface area (Å²) in [5.41, 5.74) is 8.31. The average molecular weight is 267 g/mol. The minimum absolute atomic E-state index is 0.406. The molecule has 0 atom stereocenters. The molecule has 2 aromatic rings. The number of benzene rings is 2. The number of nitrogens with two attached hydrogens (primary N) is 1. The van der Waals surface area contributed by atoms with Crippen molar-refractivity contribution in [3.8, 4) is 11.5 Å². The molecule has 0 saturated carbocycles. The summed E-state index contributed by atoms with van der Waals surface area (Å²) in [5.74, 6) is 0.870. The van der Waals surface area contributed by atoms with Crippen LogP contribution in [-0.2, 0) is 9.53 Å². The first-order valence-electron chi connectivity index (χ1n) is 6.16. The third kappa shape index (κ3) is 2.01. The van der Waals surface area contributed by atoms with Gasteiger partial charge in [0, 0.05) is 16.8 Å². The van der Waals surface area contributed by atoms with E-state index in [9.17, 15) is 4.79 Å². The zero-order valence-corrected chi connectivity index (χ0v) is 10.9. The molecule has 4 nitrogen and oxygen atoms in total. The van der Waals surface area contributed by atoms with Gasteiger partial charge in [-0.25, -0.2) is 4.79 Å². The zero-order chi connectivity index (χ0) is 14.1. The lowest BCUT2D eigenvalue weighted by molar-refractivity contribution is -0.133. The van der Waals surface area contributed by atoms with Crippen molar-refractivity contribution in [1.82, 2.24) is 0 Å². The van der Waals surface area contributed by atoms with Crippen molar-refractivity contribution in [1.29, 1.82) is 0 Å². The van der Waals surface area contributed by atoms with E-state index in [0.29, 0.717) is 28.3 Å². The van der Waals surface area contributed by atoms with Gasteiger partial charge in [-0.2, -0.15) is 0 Å². The third-order valence-electron chi connectivity index (χ3n) is 3.14. The van der Waals surface area contributed by atoms with Crippen LogP contribution in [0.3, 0.4) is 0 Å². The van der Waals surface area contributed by atoms with Crippen LogP contribution in [-0.4, -0.2) is 13.1 Å². The molecule has 0 spiro atoms. The van der Waals surface area contributed by atoms with Gasteiger partial charge in [-0.3, -0.25) is 0 Å². The van der Waals surface area contributed by atoms with E-state index < -0.39 is 5.97 Å². The highest BCUT2D eigenvalue weighted by molar-refractivity contribution is 6.22. The van der Waals surface area contributed by atoms with Crippen LogP contribution >= 0.6 is 0 Å². The molecule has 0 aromatic heterocycles. The SMILES string of the molecule is COC(=O)C1=Cc2cc(N)ccc2Oc2ccccc21. The van der Waals surface area contributed by atoms with E-state index in [2.05, 4.69) is 0 Å². The molecule has 1 aliphatic heterocycles. The maximum atomic E-state index is 12.0. The van der Waals surface area contributed by atoms with Crippen molar-refractivity contribution in [3.05, 3.63) is 53.6 Å². The highest BCUT2D eigenvalue weighted by Crippen LogP contribution is 2.38. The Morgan fingerprint density at radius 3 is 2.75 bits per heavy atom. The van der Waals surface area contributed by atoms with Gasteiger partial charge in [-0.1, -0.05) is 18.2 Å². The van der Waals surface area contributed by atoms with Crippen molar-refractivity contribution >= 4 is 23.3 Å². The fraction of sp³-hybridized carbons (Fsp3) is 0.0625. The summed E-state index contributed by atoms with van der Waals surface area (Å²) in [7, 11) is 1.36. The van der Waals surface area contributed by atoms with E-state index in [1.54, 1.807) is 24.3 Å². The Bertz CT molecular complexity index is 719. The number of rotatable bonds is 1. The summed E-state index contributed by atoms with van der Waals surface area (Å²) < 4.78 is 10.7. The minimum Gasteiger partial charge on any atom is -0.465 e. The molecule has 1 aliphatic rings. The molecular weight excluding hydrogens is 254 g/mol. The largest absolute Gasteiger partial charge is 0.465 e. The fourth-order valence-electron chi connectivity index (χ4n) is 2.18. The van der Waals surface area contributed by atoms with E-state index in [1.165, 1.54) is 7.11 Å². The van der Waals surface area contributed by atoms with Gasteiger partial charge in [0.2, 0.25) is 0 Å². The normalized spacial score (nSPS) is 12.3. The van der Waals surface area contributed by atoms with Crippen LogP contribution in [0.2, 0.25) is 0 Å². The van der Waals surface area contributed by atoms with Crippen molar-refractivity contribution in [2.75, 3.05) is 12.8 Å². The van der Waals surface area contributed by atoms with Crippen LogP contribution in [0.5, 0.6) is 11.5 Å². The number of para-hydroxylation sites is 1. The molecule has 0 radical (unpaired) electrons. The van der Waals surface area contributed by atoms with E-state index in [0.717, 1.165) is 5.56 Å². The zero-order valence-electron chi connectivity index (χ0n) is 10.9. The summed E-state index contributed by atoms with van der Waals surface area (Å²) in [6.07, 6.45) is 1.74. The Morgan fingerprint density at radius 2 is 1.95 bits per heavy atom. The van der Waals surface area contributed by atoms with Gasteiger partial charge in [0.1, 0.15) is 11.5 Å². The Kier molecular flexibility index (Phi) is 2.91. The van der Waals surface area contributed by atoms with Crippen LogP contribution in [0.1, 0.15) is 11.1 Å². The number of nitrogen functional groups attached to an aromatic ring is 1. The third-order valence-corrected chi connectivity index (χ3v) is 3.14. The van der Waals surface area contributed by atoms with Gasteiger partial charge >= 0.3 is 5.97 Å². The number of hydrogen-bond acceptors (Lipinski definition) is 4. The molecule has 100 valence electrons. The molecular formula is C16H13NO3. The maximum Gasteiger partial charge on any atom is 0.338 e. The molecule has 0 aliphatic carbocycles. The smallest absolute Gasteiger partial charge is 0.338 e. The summed E-state index contributed by atoms with van der Waals surface area (Å²) in [4.78, 5) is 12.0. The number of methoxy groups -OCH3 is 1. The van der Waals surface area contributed by atoms with Crippen molar-refractivity contribution < 1.29 is 14.3 Å². The summed E-state index contributed by atoms with van der Waals surface area (Å²) in [6, 6.07) is 12.7. The summed E-state index contributed by atoms with van der Waals surface area (Å²) >= 11 is 0. The highest BCUT2D eigenvalue weighted by Gasteiger charge is 2.21. The Hall–Kier alpha value is -2.75. The molecule has 1 heterocycles. The lowest BCUT2D eigenvalue weighted by Gasteiger charge is -2.09. The average Bonchev–Trinajstić information content (AvgIpc) is 2.63. The first kappa shape index (κ1) is 12.3. The first-order chi connectivity index (χ1) is 9.69. The molecule has 0 fully saturated rings. The Balaban J connectivity index is 2.26. The van der Waals surface area contributed by atoms with Crippen LogP contribution < -0.4 is 10.5 Å². The summed E-state index contributed by atoms with van der Waals surface area (Å²) in [5, 5.41) is 0. The molecule has 3 rings (SSSR count). The van der Waals surface area contributed by atoms with Crippen LogP contribution in [0, 0.1) is 0 Å². The van der Waals surface area contributed by atoms with Gasteiger partial charge in [0.05, 0.1) is 12.7 Å². The summed E-state index contributed by atoms with van der Waals surface area (Å²) in [6.45, 7) is 0. The van der Waals surface area contributed by atoms with Crippen molar-refractivity contribution in [2.45, 2.75) is 0 Å². The van der Waals surface area contributed by atoms with E-state index in [4.69, 9.17) is 15.2 Å². The van der Waals surface area contributed by atoms with E-state index in [1.807, 2.05) is 24.3 Å². The second-order valence-corrected chi connectivity index (χ2v) is 4.45. The number of ether oxygens (including phenoxy) is 2. The van der Waals surface area contributed by atoms with Gasteiger partial charge in [-0.05, 0) is 30.3 Å². The number of esters is 1. The fourth-order valence-corrected chi connectivity index (χ4v) is 2.18.